The molecule has 0 aromatic carbocycles. The number of anilines is 1. The molecule has 1 aromatic heterocycles. The molecule has 116 valence electrons. The van der Waals surface area contributed by atoms with Crippen LogP contribution < -0.4 is 11.4 Å². The van der Waals surface area contributed by atoms with Crippen LogP contribution in [0.4, 0.5) is 5.82 Å². The van der Waals surface area contributed by atoms with E-state index in [1.807, 2.05) is 13.0 Å². The van der Waals surface area contributed by atoms with E-state index < -0.39 is 36.8 Å². The van der Waals surface area contributed by atoms with Crippen molar-refractivity contribution in [1.82, 2.24) is 9.55 Å². The molecule has 8 nitrogen and oxygen atoms in total. The number of aliphatic hydroxyl groups excluding tert-OH is 3. The fourth-order valence-electron chi connectivity index (χ4n) is 2.16. The van der Waals surface area contributed by atoms with E-state index in [-0.39, 0.29) is 5.82 Å². The topological polar surface area (TPSA) is 131 Å². The molecule has 0 amide bonds. The smallest absolute Gasteiger partial charge is 0.351 e. The van der Waals surface area contributed by atoms with Gasteiger partial charge in [-0.15, -0.1) is 0 Å². The molecular weight excluding hydrogens is 278 g/mol. The van der Waals surface area contributed by atoms with Crippen molar-refractivity contribution in [1.29, 1.82) is 0 Å². The largest absolute Gasteiger partial charge is 0.394 e. The Hall–Kier alpha value is -1.74. The summed E-state index contributed by atoms with van der Waals surface area (Å²) in [5.74, 6) is 0.0766. The Morgan fingerprint density at radius 1 is 1.48 bits per heavy atom. The Kier molecular flexibility index (Phi) is 4.73. The van der Waals surface area contributed by atoms with Crippen LogP contribution in [0.25, 0.3) is 6.08 Å². The van der Waals surface area contributed by atoms with Gasteiger partial charge in [0.15, 0.2) is 6.23 Å². The molecule has 0 bridgehead atoms. The van der Waals surface area contributed by atoms with Crippen molar-refractivity contribution in [3.8, 4) is 0 Å². The molecule has 2 heterocycles. The van der Waals surface area contributed by atoms with E-state index >= 15 is 0 Å². The molecule has 1 aliphatic rings. The summed E-state index contributed by atoms with van der Waals surface area (Å²) in [4.78, 5) is 15.6. The number of aliphatic hydroxyl groups is 3. The molecule has 21 heavy (non-hydrogen) atoms. The second kappa shape index (κ2) is 6.35. The van der Waals surface area contributed by atoms with E-state index in [0.29, 0.717) is 5.56 Å². The van der Waals surface area contributed by atoms with Crippen LogP contribution in [-0.4, -0.2) is 49.8 Å². The number of nitrogen functional groups attached to an aromatic ring is 1. The highest BCUT2D eigenvalue weighted by molar-refractivity contribution is 5.59. The molecule has 0 saturated carbocycles. The quantitative estimate of drug-likeness (QED) is 0.552. The Morgan fingerprint density at radius 3 is 2.76 bits per heavy atom. The molecule has 0 unspecified atom stereocenters. The second-order valence-corrected chi connectivity index (χ2v) is 4.81. The van der Waals surface area contributed by atoms with Crippen LogP contribution in [0.15, 0.2) is 17.1 Å². The lowest BCUT2D eigenvalue weighted by Crippen LogP contribution is -2.36. The van der Waals surface area contributed by atoms with E-state index in [0.717, 1.165) is 11.0 Å². The molecule has 0 radical (unpaired) electrons. The minimum Gasteiger partial charge on any atom is -0.394 e. The summed E-state index contributed by atoms with van der Waals surface area (Å²) in [7, 11) is 0. The molecule has 2 rings (SSSR count). The zero-order chi connectivity index (χ0) is 15.6. The number of hydrogen-bond donors (Lipinski definition) is 4. The Labute approximate surface area is 121 Å². The number of hydrogen-bond acceptors (Lipinski definition) is 7. The SMILES string of the molecule is CCC=Cc1cn([C@@H]2O[C@H](CO)[C@@H](O)[C@H]2O)c(=O)nc1N. The first-order valence-corrected chi connectivity index (χ1v) is 6.67. The van der Waals surface area contributed by atoms with E-state index in [1.54, 1.807) is 6.08 Å². The molecule has 5 N–H and O–H groups in total. The van der Waals surface area contributed by atoms with Gasteiger partial charge in [0.1, 0.15) is 24.1 Å². The van der Waals surface area contributed by atoms with Gasteiger partial charge in [-0.1, -0.05) is 19.1 Å². The normalized spacial score (nSPS) is 29.3. The first kappa shape index (κ1) is 15.6. The van der Waals surface area contributed by atoms with Crippen LogP contribution in [0.1, 0.15) is 25.1 Å². The third kappa shape index (κ3) is 2.98. The standard InChI is InChI=1S/C13H19N3O5/c1-2-3-4-7-5-16(13(20)15-11(7)14)12-10(19)9(18)8(6-17)21-12/h3-5,8-10,12,17-19H,2,6H2,1H3,(H2,14,15,20)/t8-,9-,10-,12-/m1/s1. The summed E-state index contributed by atoms with van der Waals surface area (Å²) >= 11 is 0. The second-order valence-electron chi connectivity index (χ2n) is 4.81. The number of nitrogens with zero attached hydrogens (tertiary/aromatic N) is 2. The maximum Gasteiger partial charge on any atom is 0.351 e. The summed E-state index contributed by atoms with van der Waals surface area (Å²) in [5, 5.41) is 28.8. The minimum atomic E-state index is -1.34. The van der Waals surface area contributed by atoms with Crippen molar-refractivity contribution < 1.29 is 20.1 Å². The lowest BCUT2D eigenvalue weighted by Gasteiger charge is -2.18. The van der Waals surface area contributed by atoms with Gasteiger partial charge in [0.2, 0.25) is 0 Å². The van der Waals surface area contributed by atoms with Crippen molar-refractivity contribution in [2.45, 2.75) is 37.9 Å². The number of rotatable bonds is 4. The molecule has 1 fully saturated rings. The Morgan fingerprint density at radius 2 is 2.19 bits per heavy atom. The van der Waals surface area contributed by atoms with Gasteiger partial charge in [-0.25, -0.2) is 4.79 Å². The van der Waals surface area contributed by atoms with E-state index in [2.05, 4.69) is 4.98 Å². The summed E-state index contributed by atoms with van der Waals surface area (Å²) in [6.45, 7) is 1.48. The molecule has 8 heteroatoms. The maximum atomic E-state index is 11.9. The van der Waals surface area contributed by atoms with Crippen LogP contribution in [0.3, 0.4) is 0 Å². The lowest BCUT2D eigenvalue weighted by molar-refractivity contribution is -0.0549. The summed E-state index contributed by atoms with van der Waals surface area (Å²) in [6, 6.07) is 0. The maximum absolute atomic E-state index is 11.9. The van der Waals surface area contributed by atoms with Gasteiger partial charge in [0, 0.05) is 11.8 Å². The molecule has 1 aromatic rings. The first-order chi connectivity index (χ1) is 9.99. The third-order valence-electron chi connectivity index (χ3n) is 3.34. The van der Waals surface area contributed by atoms with E-state index in [1.165, 1.54) is 6.20 Å². The molecule has 0 spiro atoms. The molecule has 1 aliphatic heterocycles. The average Bonchev–Trinajstić information content (AvgIpc) is 2.74. The third-order valence-corrected chi connectivity index (χ3v) is 3.34. The number of allylic oxidation sites excluding steroid dienone is 1. The van der Waals surface area contributed by atoms with Crippen LogP contribution in [0.5, 0.6) is 0 Å². The predicted molar refractivity (Wildman–Crippen MR) is 75.2 cm³/mol. The van der Waals surface area contributed by atoms with Crippen LogP contribution in [-0.2, 0) is 4.74 Å². The number of aromatic nitrogens is 2. The minimum absolute atomic E-state index is 0.0766. The van der Waals surface area contributed by atoms with Crippen molar-refractivity contribution in [3.05, 3.63) is 28.3 Å². The number of nitrogens with two attached hydrogens (primary N) is 1. The summed E-state index contributed by atoms with van der Waals surface area (Å²) < 4.78 is 6.37. The first-order valence-electron chi connectivity index (χ1n) is 6.67. The van der Waals surface area contributed by atoms with Crippen molar-refractivity contribution in [2.75, 3.05) is 12.3 Å². The van der Waals surface area contributed by atoms with Crippen molar-refractivity contribution >= 4 is 11.9 Å². The average molecular weight is 297 g/mol. The van der Waals surface area contributed by atoms with Crippen LogP contribution in [0.2, 0.25) is 0 Å². The summed E-state index contributed by atoms with van der Waals surface area (Å²) in [6.07, 6.45) is 1.06. The van der Waals surface area contributed by atoms with Gasteiger partial charge in [-0.3, -0.25) is 4.57 Å². The fraction of sp³-hybridized carbons (Fsp3) is 0.538. The van der Waals surface area contributed by atoms with Gasteiger partial charge in [0.05, 0.1) is 6.61 Å². The predicted octanol–water partition coefficient (Wildman–Crippen LogP) is -1.14. The van der Waals surface area contributed by atoms with Gasteiger partial charge in [-0.05, 0) is 6.42 Å². The summed E-state index contributed by atoms with van der Waals surface area (Å²) in [5.41, 5.74) is 5.49. The molecule has 4 atom stereocenters. The Bertz CT molecular complexity index is 586. The van der Waals surface area contributed by atoms with Crippen molar-refractivity contribution in [2.24, 2.45) is 0 Å². The van der Waals surface area contributed by atoms with Gasteiger partial charge in [-0.2, -0.15) is 4.98 Å². The van der Waals surface area contributed by atoms with Gasteiger partial charge in [0.25, 0.3) is 0 Å². The van der Waals surface area contributed by atoms with Gasteiger partial charge >= 0.3 is 5.69 Å². The zero-order valence-corrected chi connectivity index (χ0v) is 11.6. The highest BCUT2D eigenvalue weighted by Gasteiger charge is 2.43. The number of ether oxygens (including phenoxy) is 1. The lowest BCUT2D eigenvalue weighted by atomic mass is 10.1. The molecule has 0 aliphatic carbocycles. The monoisotopic (exact) mass is 297 g/mol. The van der Waals surface area contributed by atoms with Gasteiger partial charge < -0.3 is 25.8 Å². The Balaban J connectivity index is 2.40. The van der Waals surface area contributed by atoms with E-state index in [9.17, 15) is 15.0 Å². The molecule has 1 saturated heterocycles. The fourth-order valence-corrected chi connectivity index (χ4v) is 2.16. The van der Waals surface area contributed by atoms with E-state index in [4.69, 9.17) is 15.6 Å². The zero-order valence-electron chi connectivity index (χ0n) is 11.6. The van der Waals surface area contributed by atoms with Crippen LogP contribution in [0, 0.1) is 0 Å². The van der Waals surface area contributed by atoms with Crippen LogP contribution >= 0.6 is 0 Å². The highest BCUT2D eigenvalue weighted by atomic mass is 16.6. The molecular formula is C13H19N3O5. The van der Waals surface area contributed by atoms with Crippen molar-refractivity contribution in [3.63, 3.8) is 0 Å². The highest BCUT2D eigenvalue weighted by Crippen LogP contribution is 2.28.